The lowest BCUT2D eigenvalue weighted by Gasteiger charge is -2.28. The standard InChI is InChI=1S/C17H25N3O4S/c1-24-12-17(8-3-9-18-17)11-19-25(22,23)14-6-7-15-13(10-14)4-2-5-16(21)20-15/h6-7,10,18-19H,2-5,8-9,11-12H2,1H3,(H,20,21). The Morgan fingerprint density at radius 2 is 2.12 bits per heavy atom. The van der Waals surface area contributed by atoms with Crippen molar-refractivity contribution in [2.24, 2.45) is 0 Å². The van der Waals surface area contributed by atoms with Crippen LogP contribution in [-0.2, 0) is 26.0 Å². The molecule has 0 saturated carbocycles. The number of benzene rings is 1. The summed E-state index contributed by atoms with van der Waals surface area (Å²) in [6.45, 7) is 1.62. The van der Waals surface area contributed by atoms with Gasteiger partial charge in [-0.2, -0.15) is 0 Å². The van der Waals surface area contributed by atoms with E-state index in [9.17, 15) is 13.2 Å². The fraction of sp³-hybridized carbons (Fsp3) is 0.588. The largest absolute Gasteiger partial charge is 0.383 e. The van der Waals surface area contributed by atoms with E-state index in [4.69, 9.17) is 4.74 Å². The highest BCUT2D eigenvalue weighted by molar-refractivity contribution is 7.89. The van der Waals surface area contributed by atoms with Crippen LogP contribution >= 0.6 is 0 Å². The van der Waals surface area contributed by atoms with Gasteiger partial charge in [-0.15, -0.1) is 0 Å². The van der Waals surface area contributed by atoms with Crippen molar-refractivity contribution >= 4 is 21.6 Å². The fourth-order valence-corrected chi connectivity index (χ4v) is 4.68. The van der Waals surface area contributed by atoms with E-state index >= 15 is 0 Å². The fourth-order valence-electron chi connectivity index (χ4n) is 3.50. The SMILES string of the molecule is COCC1(CNS(=O)(=O)c2ccc3c(c2)CCCC(=O)N3)CCCN1. The molecule has 2 aliphatic heterocycles. The van der Waals surface area contributed by atoms with Crippen LogP contribution in [0.3, 0.4) is 0 Å². The summed E-state index contributed by atoms with van der Waals surface area (Å²) >= 11 is 0. The molecule has 25 heavy (non-hydrogen) atoms. The lowest BCUT2D eigenvalue weighted by Crippen LogP contribution is -2.52. The molecule has 7 nitrogen and oxygen atoms in total. The van der Waals surface area contributed by atoms with Crippen molar-refractivity contribution in [2.45, 2.75) is 42.5 Å². The van der Waals surface area contributed by atoms with E-state index in [1.807, 2.05) is 0 Å². The molecule has 1 saturated heterocycles. The number of carbonyl (C=O) groups is 1. The Morgan fingerprint density at radius 3 is 2.84 bits per heavy atom. The van der Waals surface area contributed by atoms with E-state index in [1.54, 1.807) is 19.2 Å². The second-order valence-corrected chi connectivity index (χ2v) is 8.56. The molecule has 1 aromatic carbocycles. The topological polar surface area (TPSA) is 96.5 Å². The Morgan fingerprint density at radius 1 is 1.28 bits per heavy atom. The first-order valence-electron chi connectivity index (χ1n) is 8.61. The zero-order chi connectivity index (χ0) is 17.9. The van der Waals surface area contributed by atoms with Gasteiger partial charge in [0.2, 0.25) is 15.9 Å². The van der Waals surface area contributed by atoms with Crippen molar-refractivity contribution in [3.8, 4) is 0 Å². The molecule has 0 aliphatic carbocycles. The van der Waals surface area contributed by atoms with Gasteiger partial charge in [0, 0.05) is 25.8 Å². The third kappa shape index (κ3) is 4.20. The first kappa shape index (κ1) is 18.3. The average Bonchev–Trinajstić information content (AvgIpc) is 2.95. The van der Waals surface area contributed by atoms with Gasteiger partial charge in [0.15, 0.2) is 0 Å². The predicted octanol–water partition coefficient (Wildman–Crippen LogP) is 1.01. The smallest absolute Gasteiger partial charge is 0.240 e. The van der Waals surface area contributed by atoms with Crippen LogP contribution in [0.15, 0.2) is 23.1 Å². The van der Waals surface area contributed by atoms with Crippen LogP contribution in [0.25, 0.3) is 0 Å². The second-order valence-electron chi connectivity index (χ2n) is 6.79. The average molecular weight is 367 g/mol. The minimum Gasteiger partial charge on any atom is -0.383 e. The number of hydrogen-bond donors (Lipinski definition) is 3. The summed E-state index contributed by atoms with van der Waals surface area (Å²) < 4.78 is 33.4. The van der Waals surface area contributed by atoms with E-state index in [0.717, 1.165) is 31.4 Å². The Bertz CT molecular complexity index is 742. The van der Waals surface area contributed by atoms with Crippen LogP contribution in [0.2, 0.25) is 0 Å². The maximum Gasteiger partial charge on any atom is 0.240 e. The molecule has 138 valence electrons. The van der Waals surface area contributed by atoms with Crippen molar-refractivity contribution in [1.82, 2.24) is 10.0 Å². The van der Waals surface area contributed by atoms with Gasteiger partial charge in [-0.05, 0) is 56.0 Å². The first-order valence-corrected chi connectivity index (χ1v) is 10.1. The van der Waals surface area contributed by atoms with Gasteiger partial charge in [0.05, 0.1) is 17.0 Å². The van der Waals surface area contributed by atoms with Crippen LogP contribution in [0.1, 0.15) is 31.2 Å². The van der Waals surface area contributed by atoms with E-state index < -0.39 is 10.0 Å². The molecule has 1 atom stereocenters. The highest BCUT2D eigenvalue weighted by atomic mass is 32.2. The predicted molar refractivity (Wildman–Crippen MR) is 95.0 cm³/mol. The molecule has 0 aromatic heterocycles. The van der Waals surface area contributed by atoms with Crippen molar-refractivity contribution < 1.29 is 17.9 Å². The van der Waals surface area contributed by atoms with Crippen LogP contribution in [0.4, 0.5) is 5.69 Å². The van der Waals surface area contributed by atoms with Gasteiger partial charge in [-0.25, -0.2) is 13.1 Å². The molecule has 0 radical (unpaired) electrons. The summed E-state index contributed by atoms with van der Waals surface area (Å²) in [4.78, 5) is 11.8. The van der Waals surface area contributed by atoms with Crippen molar-refractivity contribution in [2.75, 3.05) is 32.1 Å². The Balaban J connectivity index is 1.76. The maximum absolute atomic E-state index is 12.7. The van der Waals surface area contributed by atoms with Gasteiger partial charge < -0.3 is 15.4 Å². The molecule has 8 heteroatoms. The van der Waals surface area contributed by atoms with Gasteiger partial charge in [-0.3, -0.25) is 4.79 Å². The molecule has 1 fully saturated rings. The summed E-state index contributed by atoms with van der Waals surface area (Å²) in [5.41, 5.74) is 1.22. The molecule has 1 aromatic rings. The van der Waals surface area contributed by atoms with E-state index in [2.05, 4.69) is 15.4 Å². The molecule has 3 N–H and O–H groups in total. The minimum atomic E-state index is -3.62. The van der Waals surface area contributed by atoms with Crippen LogP contribution in [0.5, 0.6) is 0 Å². The summed E-state index contributed by atoms with van der Waals surface area (Å²) in [6.07, 6.45) is 3.74. The molecule has 1 amide bonds. The van der Waals surface area contributed by atoms with Crippen LogP contribution in [0, 0.1) is 0 Å². The number of amides is 1. The lowest BCUT2D eigenvalue weighted by atomic mass is 9.99. The molecule has 0 spiro atoms. The van der Waals surface area contributed by atoms with Gasteiger partial charge in [0.1, 0.15) is 0 Å². The third-order valence-electron chi connectivity index (χ3n) is 4.86. The first-order chi connectivity index (χ1) is 11.9. The van der Waals surface area contributed by atoms with Crippen molar-refractivity contribution in [3.63, 3.8) is 0 Å². The quantitative estimate of drug-likeness (QED) is 0.697. The van der Waals surface area contributed by atoms with E-state index in [1.165, 1.54) is 6.07 Å². The normalized spacial score (nSPS) is 23.8. The molecule has 3 rings (SSSR count). The molecular weight excluding hydrogens is 342 g/mol. The molecular formula is C17H25N3O4S. The summed E-state index contributed by atoms with van der Waals surface area (Å²) in [5.74, 6) is -0.0266. The number of nitrogens with one attached hydrogen (secondary N) is 3. The van der Waals surface area contributed by atoms with Gasteiger partial charge >= 0.3 is 0 Å². The Kier molecular flexibility index (Phi) is 5.43. The van der Waals surface area contributed by atoms with Crippen LogP contribution < -0.4 is 15.4 Å². The Hall–Kier alpha value is -1.48. The molecule has 1 unspecified atom stereocenters. The summed E-state index contributed by atoms with van der Waals surface area (Å²) in [7, 11) is -2.00. The number of aryl methyl sites for hydroxylation is 1. The second kappa shape index (κ2) is 7.41. The van der Waals surface area contributed by atoms with E-state index in [-0.39, 0.29) is 22.9 Å². The zero-order valence-electron chi connectivity index (χ0n) is 14.4. The lowest BCUT2D eigenvalue weighted by molar-refractivity contribution is -0.116. The molecule has 2 heterocycles. The maximum atomic E-state index is 12.7. The highest BCUT2D eigenvalue weighted by Gasteiger charge is 2.35. The Labute approximate surface area is 148 Å². The number of anilines is 1. The monoisotopic (exact) mass is 367 g/mol. The zero-order valence-corrected chi connectivity index (χ0v) is 15.2. The number of fused-ring (bicyclic) bond motifs is 1. The number of sulfonamides is 1. The van der Waals surface area contributed by atoms with Crippen LogP contribution in [-0.4, -0.2) is 46.7 Å². The number of carbonyl (C=O) groups excluding carboxylic acids is 1. The van der Waals surface area contributed by atoms with Gasteiger partial charge in [-0.1, -0.05) is 0 Å². The third-order valence-corrected chi connectivity index (χ3v) is 6.26. The van der Waals surface area contributed by atoms with E-state index in [0.29, 0.717) is 25.1 Å². The van der Waals surface area contributed by atoms with Crippen molar-refractivity contribution in [1.29, 1.82) is 0 Å². The summed E-state index contributed by atoms with van der Waals surface area (Å²) in [6, 6.07) is 4.87. The van der Waals surface area contributed by atoms with Crippen molar-refractivity contribution in [3.05, 3.63) is 23.8 Å². The number of ether oxygens (including phenoxy) is 1. The minimum absolute atomic E-state index is 0.0266. The molecule has 2 aliphatic rings. The van der Waals surface area contributed by atoms with Gasteiger partial charge in [0.25, 0.3) is 0 Å². The summed E-state index contributed by atoms with van der Waals surface area (Å²) in [5, 5.41) is 6.18. The molecule has 0 bridgehead atoms. The highest BCUT2D eigenvalue weighted by Crippen LogP contribution is 2.26. The number of hydrogen-bond acceptors (Lipinski definition) is 5. The number of methoxy groups -OCH3 is 1. The number of rotatable bonds is 6.